The van der Waals surface area contributed by atoms with Gasteiger partial charge in [0.1, 0.15) is 17.6 Å². The van der Waals surface area contributed by atoms with Crippen molar-refractivity contribution in [3.8, 4) is 6.07 Å². The van der Waals surface area contributed by atoms with E-state index in [2.05, 4.69) is 10.3 Å². The van der Waals surface area contributed by atoms with Gasteiger partial charge in [0.05, 0.1) is 12.7 Å². The molecule has 1 atom stereocenters. The molecular weight excluding hydrogens is 206 g/mol. The highest BCUT2D eigenvalue weighted by atomic mass is 16.5. The monoisotopic (exact) mass is 221 g/mol. The topological polar surface area (TPSA) is 78.2 Å². The number of pyridine rings is 1. The van der Waals surface area contributed by atoms with Crippen molar-refractivity contribution in [3.63, 3.8) is 0 Å². The lowest BCUT2D eigenvalue weighted by molar-refractivity contribution is 0.0615. The number of nitriles is 1. The summed E-state index contributed by atoms with van der Waals surface area (Å²) in [6, 6.07) is 7.15. The van der Waals surface area contributed by atoms with Crippen molar-refractivity contribution in [1.29, 1.82) is 5.26 Å². The maximum atomic E-state index is 9.39. The molecule has 5 nitrogen and oxygen atoms in total. The predicted molar refractivity (Wildman–Crippen MR) is 59.9 cm³/mol. The number of ether oxygens (including phenoxy) is 1. The molecule has 0 bridgehead atoms. The second kappa shape index (κ2) is 6.77. The molecule has 1 aromatic rings. The number of aromatic nitrogens is 1. The standard InChI is InChI=1S/C11H15N3O2/c1-16-8-10(15)5-6-13-11-4-2-3-9(7-12)14-11/h2-4,10,15H,5-6,8H2,1H3,(H,13,14). The van der Waals surface area contributed by atoms with Crippen LogP contribution in [0, 0.1) is 11.3 Å². The molecule has 0 aliphatic carbocycles. The van der Waals surface area contributed by atoms with E-state index in [1.54, 1.807) is 25.3 Å². The van der Waals surface area contributed by atoms with Gasteiger partial charge < -0.3 is 15.2 Å². The number of nitrogens with zero attached hydrogens (tertiary/aromatic N) is 2. The molecule has 0 fully saturated rings. The molecule has 0 aliphatic rings. The van der Waals surface area contributed by atoms with E-state index in [1.165, 1.54) is 0 Å². The Hall–Kier alpha value is -1.64. The molecule has 0 aromatic carbocycles. The van der Waals surface area contributed by atoms with Crippen LogP contribution in [-0.2, 0) is 4.74 Å². The zero-order valence-electron chi connectivity index (χ0n) is 9.18. The number of methoxy groups -OCH3 is 1. The lowest BCUT2D eigenvalue weighted by Crippen LogP contribution is -2.18. The summed E-state index contributed by atoms with van der Waals surface area (Å²) in [6.45, 7) is 0.916. The summed E-state index contributed by atoms with van der Waals surface area (Å²) in [6.07, 6.45) is 0.100. The maximum Gasteiger partial charge on any atom is 0.142 e. The molecule has 1 rings (SSSR count). The molecule has 1 unspecified atom stereocenters. The summed E-state index contributed by atoms with van der Waals surface area (Å²) in [4.78, 5) is 4.05. The molecule has 2 N–H and O–H groups in total. The van der Waals surface area contributed by atoms with Crippen LogP contribution in [0.1, 0.15) is 12.1 Å². The molecular formula is C11H15N3O2. The normalized spacial score (nSPS) is 11.8. The van der Waals surface area contributed by atoms with Crippen LogP contribution >= 0.6 is 0 Å². The van der Waals surface area contributed by atoms with Crippen molar-refractivity contribution in [3.05, 3.63) is 23.9 Å². The molecule has 1 aromatic heterocycles. The Kier molecular flexibility index (Phi) is 5.26. The van der Waals surface area contributed by atoms with Crippen molar-refractivity contribution in [2.75, 3.05) is 25.6 Å². The number of aliphatic hydroxyl groups is 1. The first kappa shape index (κ1) is 12.4. The Morgan fingerprint density at radius 1 is 1.62 bits per heavy atom. The summed E-state index contributed by atoms with van der Waals surface area (Å²) >= 11 is 0. The van der Waals surface area contributed by atoms with Gasteiger partial charge in [0.25, 0.3) is 0 Å². The largest absolute Gasteiger partial charge is 0.391 e. The van der Waals surface area contributed by atoms with E-state index in [9.17, 15) is 5.11 Å². The number of rotatable bonds is 6. The first-order chi connectivity index (χ1) is 7.76. The molecule has 0 spiro atoms. The minimum Gasteiger partial charge on any atom is -0.391 e. The van der Waals surface area contributed by atoms with E-state index in [0.29, 0.717) is 31.1 Å². The van der Waals surface area contributed by atoms with E-state index in [0.717, 1.165) is 0 Å². The fourth-order valence-corrected chi connectivity index (χ4v) is 1.24. The molecule has 0 saturated heterocycles. The Labute approximate surface area is 94.7 Å². The second-order valence-electron chi connectivity index (χ2n) is 3.34. The van der Waals surface area contributed by atoms with Crippen LogP contribution in [0.4, 0.5) is 5.82 Å². The molecule has 0 amide bonds. The van der Waals surface area contributed by atoms with Crippen molar-refractivity contribution in [1.82, 2.24) is 4.98 Å². The van der Waals surface area contributed by atoms with Gasteiger partial charge in [-0.3, -0.25) is 0 Å². The molecule has 0 radical (unpaired) electrons. The van der Waals surface area contributed by atoms with E-state index < -0.39 is 6.10 Å². The van der Waals surface area contributed by atoms with Gasteiger partial charge in [0.2, 0.25) is 0 Å². The van der Waals surface area contributed by atoms with Crippen molar-refractivity contribution >= 4 is 5.82 Å². The minimum atomic E-state index is -0.475. The highest BCUT2D eigenvalue weighted by molar-refractivity contribution is 5.38. The van der Waals surface area contributed by atoms with Gasteiger partial charge in [0, 0.05) is 13.7 Å². The Morgan fingerprint density at radius 3 is 3.12 bits per heavy atom. The Morgan fingerprint density at radius 2 is 2.44 bits per heavy atom. The number of aliphatic hydroxyl groups excluding tert-OH is 1. The first-order valence-corrected chi connectivity index (χ1v) is 5.04. The average molecular weight is 221 g/mol. The molecule has 86 valence electrons. The smallest absolute Gasteiger partial charge is 0.142 e. The number of hydrogen-bond acceptors (Lipinski definition) is 5. The van der Waals surface area contributed by atoms with Crippen molar-refractivity contribution < 1.29 is 9.84 Å². The van der Waals surface area contributed by atoms with Crippen molar-refractivity contribution in [2.24, 2.45) is 0 Å². The van der Waals surface area contributed by atoms with Crippen LogP contribution < -0.4 is 5.32 Å². The summed E-state index contributed by atoms with van der Waals surface area (Å²) in [7, 11) is 1.55. The zero-order chi connectivity index (χ0) is 11.8. The third-order valence-electron chi connectivity index (χ3n) is 2.01. The van der Waals surface area contributed by atoms with Gasteiger partial charge in [-0.2, -0.15) is 5.26 Å². The van der Waals surface area contributed by atoms with Crippen LogP contribution in [-0.4, -0.2) is 36.5 Å². The lowest BCUT2D eigenvalue weighted by atomic mass is 10.2. The van der Waals surface area contributed by atoms with Crippen LogP contribution in [0.3, 0.4) is 0 Å². The summed E-state index contributed by atoms with van der Waals surface area (Å²) in [5.74, 6) is 0.642. The first-order valence-electron chi connectivity index (χ1n) is 5.04. The SMILES string of the molecule is COCC(O)CCNc1cccc(C#N)n1. The molecule has 16 heavy (non-hydrogen) atoms. The lowest BCUT2D eigenvalue weighted by Gasteiger charge is -2.10. The van der Waals surface area contributed by atoms with Gasteiger partial charge in [-0.25, -0.2) is 4.98 Å². The number of hydrogen-bond donors (Lipinski definition) is 2. The van der Waals surface area contributed by atoms with E-state index in [-0.39, 0.29) is 0 Å². The quantitative estimate of drug-likeness (QED) is 0.741. The highest BCUT2D eigenvalue weighted by Crippen LogP contribution is 2.04. The van der Waals surface area contributed by atoms with Crippen LogP contribution in [0.5, 0.6) is 0 Å². The summed E-state index contributed by atoms with van der Waals surface area (Å²) < 4.78 is 4.81. The van der Waals surface area contributed by atoms with Gasteiger partial charge in [-0.05, 0) is 18.6 Å². The maximum absolute atomic E-state index is 9.39. The molecule has 1 heterocycles. The number of anilines is 1. The van der Waals surface area contributed by atoms with Gasteiger partial charge >= 0.3 is 0 Å². The van der Waals surface area contributed by atoms with Crippen molar-refractivity contribution in [2.45, 2.75) is 12.5 Å². The number of nitrogens with one attached hydrogen (secondary N) is 1. The molecule has 0 aliphatic heterocycles. The third-order valence-corrected chi connectivity index (χ3v) is 2.01. The minimum absolute atomic E-state index is 0.327. The zero-order valence-corrected chi connectivity index (χ0v) is 9.18. The van der Waals surface area contributed by atoms with E-state index >= 15 is 0 Å². The fourth-order valence-electron chi connectivity index (χ4n) is 1.24. The Balaban J connectivity index is 2.34. The fraction of sp³-hybridized carbons (Fsp3) is 0.455. The Bertz CT molecular complexity index is 362. The highest BCUT2D eigenvalue weighted by Gasteiger charge is 2.03. The van der Waals surface area contributed by atoms with Gasteiger partial charge in [-0.1, -0.05) is 6.07 Å². The van der Waals surface area contributed by atoms with Gasteiger partial charge in [-0.15, -0.1) is 0 Å². The summed E-state index contributed by atoms with van der Waals surface area (Å²) in [5, 5.41) is 21.1. The predicted octanol–water partition coefficient (Wildman–Crippen LogP) is 0.763. The average Bonchev–Trinajstić information content (AvgIpc) is 2.30. The van der Waals surface area contributed by atoms with Crippen LogP contribution in [0.2, 0.25) is 0 Å². The van der Waals surface area contributed by atoms with Crippen LogP contribution in [0.25, 0.3) is 0 Å². The second-order valence-corrected chi connectivity index (χ2v) is 3.34. The van der Waals surface area contributed by atoms with Crippen LogP contribution in [0.15, 0.2) is 18.2 Å². The van der Waals surface area contributed by atoms with Gasteiger partial charge in [0.15, 0.2) is 0 Å². The molecule has 5 heteroatoms. The summed E-state index contributed by atoms with van der Waals surface area (Å²) in [5.41, 5.74) is 0.377. The van der Waals surface area contributed by atoms with E-state index in [4.69, 9.17) is 10.00 Å². The van der Waals surface area contributed by atoms with E-state index in [1.807, 2.05) is 6.07 Å². The molecule has 0 saturated carbocycles. The third kappa shape index (κ3) is 4.26.